The summed E-state index contributed by atoms with van der Waals surface area (Å²) in [6, 6.07) is 23.3. The van der Waals surface area contributed by atoms with Crippen LogP contribution in [0.4, 0.5) is 0 Å². The average molecular weight is 443 g/mol. The van der Waals surface area contributed by atoms with E-state index in [0.29, 0.717) is 37.9 Å². The Labute approximate surface area is 194 Å². The first kappa shape index (κ1) is 22.7. The molecule has 1 saturated heterocycles. The van der Waals surface area contributed by atoms with Gasteiger partial charge in [0.05, 0.1) is 12.0 Å². The van der Waals surface area contributed by atoms with Crippen molar-refractivity contribution >= 4 is 28.4 Å². The van der Waals surface area contributed by atoms with E-state index in [1.54, 1.807) is 11.0 Å². The van der Waals surface area contributed by atoms with Gasteiger partial charge in [-0.3, -0.25) is 14.4 Å². The van der Waals surface area contributed by atoms with Gasteiger partial charge in [-0.1, -0.05) is 67.6 Å². The number of rotatable bonds is 7. The number of fused-ring (bicyclic) bond motifs is 1. The van der Waals surface area contributed by atoms with Crippen molar-refractivity contribution in [2.75, 3.05) is 19.6 Å². The quantitative estimate of drug-likeness (QED) is 0.586. The number of nitrogens with one attached hydrogen (secondary N) is 1. The Morgan fingerprint density at radius 3 is 2.24 bits per heavy atom. The lowest BCUT2D eigenvalue weighted by Crippen LogP contribution is -2.51. The third-order valence-corrected chi connectivity index (χ3v) is 6.72. The zero-order valence-corrected chi connectivity index (χ0v) is 19.0. The summed E-state index contributed by atoms with van der Waals surface area (Å²) in [5, 5.41) is 4.81. The Balaban J connectivity index is 1.38. The molecule has 170 valence electrons. The minimum atomic E-state index is -0.525. The molecule has 4 rings (SSSR count). The fourth-order valence-electron chi connectivity index (χ4n) is 4.79. The molecule has 0 aliphatic carbocycles. The van der Waals surface area contributed by atoms with Crippen molar-refractivity contribution in [3.8, 4) is 0 Å². The number of hydrogen-bond donors (Lipinski definition) is 1. The smallest absolute Gasteiger partial charge is 0.251 e. The van der Waals surface area contributed by atoms with Crippen molar-refractivity contribution in [1.29, 1.82) is 0 Å². The van der Waals surface area contributed by atoms with Gasteiger partial charge in [-0.25, -0.2) is 0 Å². The Hall–Kier alpha value is -3.47. The molecule has 0 unspecified atom stereocenters. The molecule has 5 nitrogen and oxygen atoms in total. The molecule has 2 amide bonds. The van der Waals surface area contributed by atoms with E-state index < -0.39 is 5.41 Å². The average Bonchev–Trinajstić information content (AvgIpc) is 2.87. The number of piperidine rings is 1. The molecule has 3 aromatic rings. The van der Waals surface area contributed by atoms with Gasteiger partial charge in [0, 0.05) is 25.1 Å². The summed E-state index contributed by atoms with van der Waals surface area (Å²) < 4.78 is 0. The highest BCUT2D eigenvalue weighted by atomic mass is 16.2. The van der Waals surface area contributed by atoms with Gasteiger partial charge >= 0.3 is 0 Å². The van der Waals surface area contributed by atoms with Gasteiger partial charge in [-0.2, -0.15) is 0 Å². The van der Waals surface area contributed by atoms with E-state index in [2.05, 4.69) is 5.32 Å². The van der Waals surface area contributed by atoms with E-state index in [0.717, 1.165) is 22.8 Å². The van der Waals surface area contributed by atoms with Crippen LogP contribution in [0.2, 0.25) is 0 Å². The molecule has 0 spiro atoms. The Kier molecular flexibility index (Phi) is 6.87. The lowest BCUT2D eigenvalue weighted by Gasteiger charge is -2.41. The minimum absolute atomic E-state index is 0.0487. The summed E-state index contributed by atoms with van der Waals surface area (Å²) in [6.45, 7) is 2.99. The van der Waals surface area contributed by atoms with Crippen molar-refractivity contribution in [2.45, 2.75) is 38.0 Å². The first-order chi connectivity index (χ1) is 16.0. The van der Waals surface area contributed by atoms with Gasteiger partial charge < -0.3 is 10.2 Å². The molecule has 1 N–H and O–H groups in total. The number of benzene rings is 3. The molecule has 1 aliphatic rings. The fourth-order valence-corrected chi connectivity index (χ4v) is 4.79. The van der Waals surface area contributed by atoms with E-state index in [9.17, 15) is 14.4 Å². The normalized spacial score (nSPS) is 15.2. The van der Waals surface area contributed by atoms with Crippen LogP contribution in [0, 0.1) is 0 Å². The first-order valence-electron chi connectivity index (χ1n) is 11.7. The standard InChI is InChI=1S/C28H30N2O3/c1-2-8-25(31)28(24-11-4-3-5-12-24)15-17-30(18-16-28)26(32)20-29-27(33)23-14-13-21-9-6-7-10-22(21)19-23/h3-7,9-14,19H,2,8,15-18,20H2,1H3,(H,29,33). The van der Waals surface area contributed by atoms with Crippen molar-refractivity contribution in [1.82, 2.24) is 10.2 Å². The van der Waals surface area contributed by atoms with Crippen LogP contribution in [0.5, 0.6) is 0 Å². The summed E-state index contributed by atoms with van der Waals surface area (Å²) in [5.74, 6) is -0.121. The number of nitrogens with zero attached hydrogens (tertiary/aromatic N) is 1. The Bertz CT molecular complexity index is 1150. The molecule has 1 aliphatic heterocycles. The summed E-state index contributed by atoms with van der Waals surface area (Å²) in [6.07, 6.45) is 2.59. The molecular weight excluding hydrogens is 412 g/mol. The third kappa shape index (κ3) is 4.82. The lowest BCUT2D eigenvalue weighted by atomic mass is 9.68. The van der Waals surface area contributed by atoms with Crippen LogP contribution in [-0.2, 0) is 15.0 Å². The lowest BCUT2D eigenvalue weighted by molar-refractivity contribution is -0.135. The SMILES string of the molecule is CCCC(=O)C1(c2ccccc2)CCN(C(=O)CNC(=O)c2ccc3ccccc3c2)CC1. The van der Waals surface area contributed by atoms with E-state index in [1.165, 1.54) is 0 Å². The van der Waals surface area contributed by atoms with Crippen LogP contribution in [0.3, 0.4) is 0 Å². The largest absolute Gasteiger partial charge is 0.343 e. The molecule has 0 aromatic heterocycles. The number of likely N-dealkylation sites (tertiary alicyclic amines) is 1. The number of amides is 2. The highest BCUT2D eigenvalue weighted by Crippen LogP contribution is 2.37. The van der Waals surface area contributed by atoms with Gasteiger partial charge in [-0.05, 0) is 47.7 Å². The maximum absolute atomic E-state index is 13.1. The van der Waals surface area contributed by atoms with Crippen LogP contribution < -0.4 is 5.32 Å². The predicted molar refractivity (Wildman–Crippen MR) is 130 cm³/mol. The third-order valence-electron chi connectivity index (χ3n) is 6.72. The molecule has 0 saturated carbocycles. The van der Waals surface area contributed by atoms with Gasteiger partial charge in [0.1, 0.15) is 5.78 Å². The predicted octanol–water partition coefficient (Wildman–Crippen LogP) is 4.50. The van der Waals surface area contributed by atoms with Gasteiger partial charge in [0.25, 0.3) is 5.91 Å². The van der Waals surface area contributed by atoms with Gasteiger partial charge in [0.15, 0.2) is 0 Å². The fraction of sp³-hybridized carbons (Fsp3) is 0.321. The molecular formula is C28H30N2O3. The van der Waals surface area contributed by atoms with Crippen molar-refractivity contribution in [3.63, 3.8) is 0 Å². The molecule has 0 atom stereocenters. The van der Waals surface area contributed by atoms with E-state index >= 15 is 0 Å². The zero-order valence-electron chi connectivity index (χ0n) is 19.0. The second-order valence-electron chi connectivity index (χ2n) is 8.75. The summed E-state index contributed by atoms with van der Waals surface area (Å²) >= 11 is 0. The molecule has 0 bridgehead atoms. The number of hydrogen-bond acceptors (Lipinski definition) is 3. The molecule has 1 fully saturated rings. The maximum Gasteiger partial charge on any atom is 0.251 e. The van der Waals surface area contributed by atoms with Crippen LogP contribution >= 0.6 is 0 Å². The van der Waals surface area contributed by atoms with Crippen LogP contribution in [0.15, 0.2) is 72.8 Å². The van der Waals surface area contributed by atoms with Crippen LogP contribution in [0.25, 0.3) is 10.8 Å². The highest BCUT2D eigenvalue weighted by Gasteiger charge is 2.42. The maximum atomic E-state index is 13.1. The minimum Gasteiger partial charge on any atom is -0.343 e. The van der Waals surface area contributed by atoms with E-state index in [4.69, 9.17) is 0 Å². The number of carbonyl (C=O) groups is 3. The molecule has 33 heavy (non-hydrogen) atoms. The van der Waals surface area contributed by atoms with E-state index in [-0.39, 0.29) is 24.1 Å². The number of Topliss-reactive ketones (excluding diaryl/α,β-unsaturated/α-hetero) is 1. The van der Waals surface area contributed by atoms with Crippen LogP contribution in [0.1, 0.15) is 48.5 Å². The molecule has 5 heteroatoms. The van der Waals surface area contributed by atoms with Gasteiger partial charge in [-0.15, -0.1) is 0 Å². The van der Waals surface area contributed by atoms with Gasteiger partial charge in [0.2, 0.25) is 5.91 Å². The number of ketones is 1. The second kappa shape index (κ2) is 9.99. The monoisotopic (exact) mass is 442 g/mol. The topological polar surface area (TPSA) is 66.5 Å². The summed E-state index contributed by atoms with van der Waals surface area (Å²) in [7, 11) is 0. The zero-order chi connectivity index (χ0) is 23.3. The summed E-state index contributed by atoms with van der Waals surface area (Å²) in [5.41, 5.74) is 1.05. The van der Waals surface area contributed by atoms with Crippen molar-refractivity contribution < 1.29 is 14.4 Å². The summed E-state index contributed by atoms with van der Waals surface area (Å²) in [4.78, 5) is 40.3. The van der Waals surface area contributed by atoms with Crippen LogP contribution in [-0.4, -0.2) is 42.1 Å². The Morgan fingerprint density at radius 1 is 0.879 bits per heavy atom. The highest BCUT2D eigenvalue weighted by molar-refractivity contribution is 6.00. The molecule has 1 heterocycles. The van der Waals surface area contributed by atoms with Crippen molar-refractivity contribution in [3.05, 3.63) is 83.9 Å². The molecule has 3 aromatic carbocycles. The second-order valence-corrected chi connectivity index (χ2v) is 8.75. The number of carbonyl (C=O) groups excluding carboxylic acids is 3. The Morgan fingerprint density at radius 2 is 1.55 bits per heavy atom. The van der Waals surface area contributed by atoms with E-state index in [1.807, 2.05) is 73.7 Å². The first-order valence-corrected chi connectivity index (χ1v) is 11.7. The van der Waals surface area contributed by atoms with Crippen molar-refractivity contribution in [2.24, 2.45) is 0 Å². The molecule has 0 radical (unpaired) electrons.